The molecule has 0 saturated carbocycles. The van der Waals surface area contributed by atoms with Crippen LogP contribution < -0.4 is 20.0 Å². The average molecular weight is 441 g/mol. The third-order valence-electron chi connectivity index (χ3n) is 5.52. The van der Waals surface area contributed by atoms with E-state index in [0.717, 1.165) is 4.90 Å². The summed E-state index contributed by atoms with van der Waals surface area (Å²) in [5, 5.41) is 6.01. The topological polar surface area (TPSA) is 82.2 Å². The highest BCUT2D eigenvalue weighted by Gasteiger charge is 2.47. The summed E-state index contributed by atoms with van der Waals surface area (Å²) in [4.78, 5) is 39.9. The van der Waals surface area contributed by atoms with E-state index in [0.29, 0.717) is 17.1 Å². The lowest BCUT2D eigenvalue weighted by atomic mass is 10.1. The van der Waals surface area contributed by atoms with Crippen molar-refractivity contribution in [1.82, 2.24) is 10.3 Å². The number of carbonyl (C=O) groups excluding carboxylic acids is 3. The smallest absolute Gasteiger partial charge is 0.283 e. The molecule has 1 saturated heterocycles. The minimum atomic E-state index is -0.762. The van der Waals surface area contributed by atoms with E-state index in [9.17, 15) is 14.4 Å². The first kappa shape index (κ1) is 20.9. The van der Waals surface area contributed by atoms with Crippen LogP contribution in [-0.4, -0.2) is 49.0 Å². The van der Waals surface area contributed by atoms with Gasteiger partial charge in [-0.1, -0.05) is 29.8 Å². The van der Waals surface area contributed by atoms with Crippen LogP contribution in [0, 0.1) is 0 Å². The van der Waals surface area contributed by atoms with Gasteiger partial charge in [0, 0.05) is 7.05 Å². The van der Waals surface area contributed by atoms with Gasteiger partial charge < -0.3 is 10.1 Å². The summed E-state index contributed by atoms with van der Waals surface area (Å²) in [7, 11) is 3.32. The van der Waals surface area contributed by atoms with E-state index in [2.05, 4.69) is 5.32 Å². The molecule has 0 spiro atoms. The van der Waals surface area contributed by atoms with Crippen LogP contribution in [0.25, 0.3) is 0 Å². The molecule has 160 valence electrons. The number of likely N-dealkylation sites (N-methyl/N-ethyl adjacent to an activating group) is 1. The molecule has 31 heavy (non-hydrogen) atoms. The van der Waals surface area contributed by atoms with Crippen LogP contribution >= 0.6 is 11.6 Å². The third-order valence-corrected chi connectivity index (χ3v) is 5.87. The predicted octanol–water partition coefficient (Wildman–Crippen LogP) is 2.26. The molecule has 2 aliphatic heterocycles. The number of nitrogens with zero attached hydrogens (tertiary/aromatic N) is 3. The molecule has 2 aromatic rings. The number of hydrogen-bond donors (Lipinski definition) is 1. The molecule has 0 radical (unpaired) electrons. The number of halogens is 1. The molecular formula is C22H21ClN4O4. The number of anilines is 2. The largest absolute Gasteiger partial charge is 0.497 e. The molecule has 3 amide bonds. The van der Waals surface area contributed by atoms with Gasteiger partial charge in [0.1, 0.15) is 22.5 Å². The molecule has 2 aromatic carbocycles. The van der Waals surface area contributed by atoms with Crippen LogP contribution in [0.4, 0.5) is 11.4 Å². The highest BCUT2D eigenvalue weighted by molar-refractivity contribution is 6.52. The number of rotatable bonds is 5. The van der Waals surface area contributed by atoms with Crippen molar-refractivity contribution in [2.75, 3.05) is 24.1 Å². The summed E-state index contributed by atoms with van der Waals surface area (Å²) in [6.07, 6.45) is 0. The van der Waals surface area contributed by atoms with Crippen molar-refractivity contribution in [3.63, 3.8) is 0 Å². The Kier molecular flexibility index (Phi) is 5.43. The maximum atomic E-state index is 13.2. The van der Waals surface area contributed by atoms with E-state index < -0.39 is 17.9 Å². The number of methoxy groups -OCH3 is 1. The zero-order valence-corrected chi connectivity index (χ0v) is 18.0. The summed E-state index contributed by atoms with van der Waals surface area (Å²) in [6, 6.07) is 14.6. The summed E-state index contributed by atoms with van der Waals surface area (Å²) in [5.41, 5.74) is 0.982. The van der Waals surface area contributed by atoms with Gasteiger partial charge in [-0.3, -0.25) is 14.4 Å². The standard InChI is InChI=1S/C22H21ClN4O4/c1-13-18(22(30)27(25(13)2)15-7-5-4-6-8-15)24-19-17(23)20(28)26(21(19)29)14-9-11-16(31-3)12-10-14/h4-13,18,24H,1-3H3. The van der Waals surface area contributed by atoms with Gasteiger partial charge in [-0.05, 0) is 43.3 Å². The molecule has 9 heteroatoms. The molecule has 1 N–H and O–H groups in total. The Hall–Kier alpha value is -3.36. The average Bonchev–Trinajstić information content (AvgIpc) is 3.13. The predicted molar refractivity (Wildman–Crippen MR) is 116 cm³/mol. The highest BCUT2D eigenvalue weighted by atomic mass is 35.5. The van der Waals surface area contributed by atoms with Crippen molar-refractivity contribution in [3.05, 3.63) is 65.3 Å². The molecule has 1 fully saturated rings. The number of nitrogens with one attached hydrogen (secondary N) is 1. The molecule has 0 aliphatic carbocycles. The lowest BCUT2D eigenvalue weighted by molar-refractivity contribution is -0.120. The molecule has 4 rings (SSSR count). The van der Waals surface area contributed by atoms with Gasteiger partial charge in [-0.25, -0.2) is 14.9 Å². The van der Waals surface area contributed by atoms with E-state index in [1.807, 2.05) is 37.3 Å². The van der Waals surface area contributed by atoms with Gasteiger partial charge in [-0.15, -0.1) is 0 Å². The fourth-order valence-electron chi connectivity index (χ4n) is 3.70. The van der Waals surface area contributed by atoms with Crippen LogP contribution in [0.1, 0.15) is 6.92 Å². The number of hydrogen-bond acceptors (Lipinski definition) is 6. The second-order valence-corrected chi connectivity index (χ2v) is 7.63. The maximum Gasteiger partial charge on any atom is 0.283 e. The fraction of sp³-hybridized carbons (Fsp3) is 0.227. The van der Waals surface area contributed by atoms with Gasteiger partial charge in [0.25, 0.3) is 17.7 Å². The molecule has 2 unspecified atom stereocenters. The monoisotopic (exact) mass is 440 g/mol. The normalized spacial score (nSPS) is 22.0. The van der Waals surface area contributed by atoms with Gasteiger partial charge in [0.05, 0.1) is 24.5 Å². The van der Waals surface area contributed by atoms with Gasteiger partial charge in [0.15, 0.2) is 0 Å². The molecule has 0 bridgehead atoms. The molecule has 2 aliphatic rings. The van der Waals surface area contributed by atoms with Crippen LogP contribution in [0.5, 0.6) is 5.75 Å². The Bertz CT molecular complexity index is 1070. The molecule has 2 atom stereocenters. The number of benzene rings is 2. The molecular weight excluding hydrogens is 420 g/mol. The lowest BCUT2D eigenvalue weighted by Gasteiger charge is -2.26. The first-order valence-electron chi connectivity index (χ1n) is 9.66. The van der Waals surface area contributed by atoms with Crippen LogP contribution in [0.3, 0.4) is 0 Å². The van der Waals surface area contributed by atoms with Crippen molar-refractivity contribution in [2.45, 2.75) is 19.0 Å². The molecule has 2 heterocycles. The summed E-state index contributed by atoms with van der Waals surface area (Å²) in [6.45, 7) is 1.86. The van der Waals surface area contributed by atoms with Gasteiger partial charge in [-0.2, -0.15) is 0 Å². The molecule has 8 nitrogen and oxygen atoms in total. The highest BCUT2D eigenvalue weighted by Crippen LogP contribution is 2.31. The van der Waals surface area contributed by atoms with Crippen molar-refractivity contribution in [1.29, 1.82) is 0 Å². The van der Waals surface area contributed by atoms with E-state index in [1.165, 1.54) is 7.11 Å². The van der Waals surface area contributed by atoms with E-state index >= 15 is 0 Å². The third kappa shape index (κ3) is 3.43. The summed E-state index contributed by atoms with van der Waals surface area (Å²) in [5.74, 6) is -0.914. The SMILES string of the molecule is COc1ccc(N2C(=O)C(Cl)=C(NC3C(=O)N(c4ccccc4)N(C)C3C)C2=O)cc1. The number of imide groups is 1. The number of ether oxygens (including phenoxy) is 1. The van der Waals surface area contributed by atoms with Gasteiger partial charge >= 0.3 is 0 Å². The summed E-state index contributed by atoms with van der Waals surface area (Å²) >= 11 is 6.23. The first-order chi connectivity index (χ1) is 14.8. The van der Waals surface area contributed by atoms with Crippen molar-refractivity contribution < 1.29 is 19.1 Å². The van der Waals surface area contributed by atoms with Crippen LogP contribution in [0.2, 0.25) is 0 Å². The van der Waals surface area contributed by atoms with Crippen molar-refractivity contribution in [3.8, 4) is 5.75 Å². The number of hydrazine groups is 1. The second-order valence-electron chi connectivity index (χ2n) is 7.25. The first-order valence-corrected chi connectivity index (χ1v) is 10.0. The molecule has 0 aromatic heterocycles. The Labute approximate surface area is 184 Å². The van der Waals surface area contributed by atoms with E-state index in [-0.39, 0.29) is 22.7 Å². The minimum Gasteiger partial charge on any atom is -0.497 e. The van der Waals surface area contributed by atoms with Gasteiger partial charge in [0.2, 0.25) is 0 Å². The summed E-state index contributed by atoms with van der Waals surface area (Å²) < 4.78 is 5.11. The van der Waals surface area contributed by atoms with Crippen LogP contribution in [0.15, 0.2) is 65.3 Å². The Morgan fingerprint density at radius 2 is 1.58 bits per heavy atom. The quantitative estimate of drug-likeness (QED) is 0.718. The minimum absolute atomic E-state index is 0.0870. The number of amides is 3. The van der Waals surface area contributed by atoms with E-state index in [4.69, 9.17) is 16.3 Å². The zero-order chi connectivity index (χ0) is 22.3. The Balaban J connectivity index is 1.59. The second kappa shape index (κ2) is 8.05. The number of carbonyl (C=O) groups is 3. The van der Waals surface area contributed by atoms with Crippen molar-refractivity contribution >= 4 is 40.7 Å². The van der Waals surface area contributed by atoms with Crippen LogP contribution in [-0.2, 0) is 14.4 Å². The van der Waals surface area contributed by atoms with Crippen molar-refractivity contribution in [2.24, 2.45) is 0 Å². The fourth-order valence-corrected chi connectivity index (χ4v) is 3.92. The zero-order valence-electron chi connectivity index (χ0n) is 17.2. The Morgan fingerprint density at radius 1 is 0.935 bits per heavy atom. The Morgan fingerprint density at radius 3 is 2.19 bits per heavy atom. The van der Waals surface area contributed by atoms with E-state index in [1.54, 1.807) is 41.3 Å². The maximum absolute atomic E-state index is 13.2. The number of para-hydroxylation sites is 1. The lowest BCUT2D eigenvalue weighted by Crippen LogP contribution is -2.44.